The molecule has 2 atom stereocenters. The summed E-state index contributed by atoms with van der Waals surface area (Å²) in [6, 6.07) is 29.0. The van der Waals surface area contributed by atoms with Crippen molar-refractivity contribution in [2.24, 2.45) is 11.8 Å². The van der Waals surface area contributed by atoms with Crippen LogP contribution in [0.5, 0.6) is 17.2 Å². The van der Waals surface area contributed by atoms with Crippen LogP contribution >= 0.6 is 39.1 Å². The van der Waals surface area contributed by atoms with Crippen molar-refractivity contribution in [2.75, 3.05) is 46.9 Å². The van der Waals surface area contributed by atoms with E-state index in [4.69, 9.17) is 37.4 Å². The largest absolute Gasteiger partial charge is 0.493 e. The monoisotopic (exact) mass is 796 g/mol. The second-order valence-corrected chi connectivity index (χ2v) is 14.5. The maximum absolute atomic E-state index is 13.9. The fraction of sp³-hybridized carbons (Fsp3) is 0.350. The Bertz CT molecular complexity index is 1750. The average Bonchev–Trinajstić information content (AvgIpc) is 3.58. The normalized spacial score (nSPS) is 15.3. The average molecular weight is 799 g/mol. The number of ether oxygens (including phenoxy) is 3. The number of hydrogen-bond acceptors (Lipinski definition) is 5. The zero-order valence-corrected chi connectivity index (χ0v) is 32.1. The molecule has 5 rings (SSSR count). The van der Waals surface area contributed by atoms with E-state index in [0.717, 1.165) is 37.1 Å². The van der Waals surface area contributed by atoms with Crippen LogP contribution in [0.1, 0.15) is 29.5 Å². The number of hydrogen-bond donors (Lipinski definition) is 1. The van der Waals surface area contributed by atoms with Crippen molar-refractivity contribution < 1.29 is 29.1 Å². The van der Waals surface area contributed by atoms with Gasteiger partial charge in [-0.25, -0.2) is 4.79 Å². The van der Waals surface area contributed by atoms with Gasteiger partial charge >= 0.3 is 6.09 Å². The minimum atomic E-state index is -0.469. The number of amides is 2. The molecule has 2 amide bonds. The van der Waals surface area contributed by atoms with Gasteiger partial charge in [0.2, 0.25) is 5.91 Å². The van der Waals surface area contributed by atoms with Crippen molar-refractivity contribution >= 4 is 51.1 Å². The lowest BCUT2D eigenvalue weighted by molar-refractivity contribution is -0.640. The molecule has 0 bridgehead atoms. The molecule has 4 aromatic rings. The molecule has 51 heavy (non-hydrogen) atoms. The first-order chi connectivity index (χ1) is 24.7. The van der Waals surface area contributed by atoms with Crippen LogP contribution in [0.25, 0.3) is 0 Å². The van der Waals surface area contributed by atoms with E-state index < -0.39 is 6.09 Å². The second-order valence-electron chi connectivity index (χ2n) is 12.8. The molecule has 1 fully saturated rings. The third-order valence-electron chi connectivity index (χ3n) is 9.34. The van der Waals surface area contributed by atoms with Gasteiger partial charge in [-0.05, 0) is 64.0 Å². The number of nitrogens with zero attached hydrogens (tertiary/aromatic N) is 2. The van der Waals surface area contributed by atoms with Crippen LogP contribution in [-0.2, 0) is 24.2 Å². The quantitative estimate of drug-likeness (QED) is 0.126. The van der Waals surface area contributed by atoms with Crippen molar-refractivity contribution in [1.29, 1.82) is 0 Å². The van der Waals surface area contributed by atoms with Crippen LogP contribution in [-0.4, -0.2) is 68.7 Å². The van der Waals surface area contributed by atoms with E-state index in [1.54, 1.807) is 30.2 Å². The molecule has 1 aliphatic rings. The van der Waals surface area contributed by atoms with Crippen molar-refractivity contribution in [1.82, 2.24) is 9.80 Å². The number of carbonyl (C=O) groups excluding carboxylic acids is 2. The predicted molar refractivity (Wildman–Crippen MR) is 205 cm³/mol. The zero-order valence-electron chi connectivity index (χ0n) is 29.0. The Morgan fingerprint density at radius 2 is 1.41 bits per heavy atom. The van der Waals surface area contributed by atoms with E-state index in [2.05, 4.69) is 33.4 Å². The molecule has 1 unspecified atom stereocenters. The molecule has 8 nitrogen and oxygen atoms in total. The van der Waals surface area contributed by atoms with Gasteiger partial charge in [-0.15, -0.1) is 0 Å². The van der Waals surface area contributed by atoms with Gasteiger partial charge in [-0.1, -0.05) is 89.9 Å². The fourth-order valence-corrected chi connectivity index (χ4v) is 7.45. The summed E-state index contributed by atoms with van der Waals surface area (Å²) in [4.78, 5) is 31.5. The number of carbonyl (C=O) groups is 2. The lowest BCUT2D eigenvalue weighted by atomic mass is 9.94. The number of halogens is 3. The third-order valence-corrected chi connectivity index (χ3v) is 10.5. The highest BCUT2D eigenvalue weighted by Crippen LogP contribution is 2.38. The predicted octanol–water partition coefficient (Wildman–Crippen LogP) is 7.68. The van der Waals surface area contributed by atoms with Gasteiger partial charge in [0.25, 0.3) is 0 Å². The molecule has 4 aromatic carbocycles. The summed E-state index contributed by atoms with van der Waals surface area (Å²) in [5.74, 6) is 1.74. The number of nitrogens with two attached hydrogens (primary N) is 1. The summed E-state index contributed by atoms with van der Waals surface area (Å²) < 4.78 is 17.4. The smallest absolute Gasteiger partial charge is 0.415 e. The number of aryl methyl sites for hydroxylation is 1. The SMILES string of the molecule is COc1cc(Br)c(OC(=O)N(Cc2ccccc2)CC2C[NH2+]C[C@H]2CN(CCc2ccc(Cl)cc2Cl)C(=O)CCCc2ccccc2)cc1OC. The first-order valence-corrected chi connectivity index (χ1v) is 18.8. The molecule has 1 saturated heterocycles. The molecule has 1 aliphatic heterocycles. The maximum Gasteiger partial charge on any atom is 0.415 e. The summed E-state index contributed by atoms with van der Waals surface area (Å²) in [6.45, 7) is 3.67. The summed E-state index contributed by atoms with van der Waals surface area (Å²) >= 11 is 16.2. The van der Waals surface area contributed by atoms with Crippen LogP contribution < -0.4 is 19.5 Å². The molecule has 0 saturated carbocycles. The highest BCUT2D eigenvalue weighted by atomic mass is 79.9. The molecular weight excluding hydrogens is 753 g/mol. The van der Waals surface area contributed by atoms with Gasteiger partial charge in [0.05, 0.1) is 31.8 Å². The number of rotatable bonds is 16. The molecule has 1 heterocycles. The molecular formula is C40H45BrCl2N3O5+. The summed E-state index contributed by atoms with van der Waals surface area (Å²) in [5, 5.41) is 3.46. The van der Waals surface area contributed by atoms with Gasteiger partial charge in [-0.3, -0.25) is 4.79 Å². The first kappa shape index (κ1) is 38.5. The van der Waals surface area contributed by atoms with Gasteiger partial charge in [0.15, 0.2) is 17.2 Å². The number of benzene rings is 4. The lowest BCUT2D eigenvalue weighted by Gasteiger charge is -2.30. The Labute approximate surface area is 319 Å². The van der Waals surface area contributed by atoms with E-state index >= 15 is 0 Å². The van der Waals surface area contributed by atoms with E-state index in [1.165, 1.54) is 12.7 Å². The summed E-state index contributed by atoms with van der Waals surface area (Å²) in [5.41, 5.74) is 3.17. The Morgan fingerprint density at radius 3 is 2.06 bits per heavy atom. The highest BCUT2D eigenvalue weighted by Gasteiger charge is 2.36. The Balaban J connectivity index is 1.32. The van der Waals surface area contributed by atoms with Gasteiger partial charge in [0, 0.05) is 66.6 Å². The topological polar surface area (TPSA) is 84.9 Å². The first-order valence-electron chi connectivity index (χ1n) is 17.2. The fourth-order valence-electron chi connectivity index (χ4n) is 6.55. The molecule has 0 spiro atoms. The van der Waals surface area contributed by atoms with Crippen LogP contribution in [0.3, 0.4) is 0 Å². The molecule has 0 radical (unpaired) electrons. The summed E-state index contributed by atoms with van der Waals surface area (Å²) in [6.07, 6.45) is 2.22. The summed E-state index contributed by atoms with van der Waals surface area (Å²) in [7, 11) is 3.09. The Kier molecular flexibility index (Phi) is 14.5. The Morgan fingerprint density at radius 1 is 0.784 bits per heavy atom. The second kappa shape index (κ2) is 19.2. The molecule has 11 heteroatoms. The van der Waals surface area contributed by atoms with E-state index in [-0.39, 0.29) is 17.7 Å². The van der Waals surface area contributed by atoms with Crippen LogP contribution in [0.4, 0.5) is 4.79 Å². The van der Waals surface area contributed by atoms with E-state index in [1.807, 2.05) is 65.6 Å². The minimum Gasteiger partial charge on any atom is -0.493 e. The van der Waals surface area contributed by atoms with E-state index in [0.29, 0.717) is 70.8 Å². The van der Waals surface area contributed by atoms with Crippen molar-refractivity contribution in [3.05, 3.63) is 122 Å². The number of quaternary nitrogens is 1. The lowest BCUT2D eigenvalue weighted by Crippen LogP contribution is -2.82. The van der Waals surface area contributed by atoms with Crippen LogP contribution in [0.15, 0.2) is 95.5 Å². The van der Waals surface area contributed by atoms with Crippen molar-refractivity contribution in [3.63, 3.8) is 0 Å². The Hall–Kier alpha value is -3.76. The molecule has 2 N–H and O–H groups in total. The standard InChI is InChI=1S/C40H44BrCl2N3O5/c1-49-37-21-34(41)36(22-38(37)50-2)51-40(48)46(25-29-12-7-4-8-13-29)27-32-24-44-23-31(32)26-45(19-18-30-16-17-33(42)20-35(30)43)39(47)15-9-14-28-10-5-3-6-11-28/h3-8,10-13,16-17,20-22,31-32,44H,9,14-15,18-19,23-27H2,1-2H3/p+1/t31-,32?/m0/s1. The van der Waals surface area contributed by atoms with Crippen LogP contribution in [0, 0.1) is 11.8 Å². The van der Waals surface area contributed by atoms with Gasteiger partial charge in [0.1, 0.15) is 0 Å². The van der Waals surface area contributed by atoms with Crippen molar-refractivity contribution in [2.45, 2.75) is 32.2 Å². The molecule has 0 aliphatic carbocycles. The maximum atomic E-state index is 13.9. The molecule has 0 aromatic heterocycles. The highest BCUT2D eigenvalue weighted by molar-refractivity contribution is 9.10. The number of methoxy groups -OCH3 is 2. The van der Waals surface area contributed by atoms with Crippen molar-refractivity contribution in [3.8, 4) is 17.2 Å². The molecule has 270 valence electrons. The van der Waals surface area contributed by atoms with E-state index in [9.17, 15) is 9.59 Å². The van der Waals surface area contributed by atoms with Crippen LogP contribution in [0.2, 0.25) is 10.0 Å². The zero-order chi connectivity index (χ0) is 36.2. The van der Waals surface area contributed by atoms with Gasteiger partial charge < -0.3 is 29.3 Å². The van der Waals surface area contributed by atoms with Gasteiger partial charge in [-0.2, -0.15) is 0 Å². The third kappa shape index (κ3) is 11.1. The minimum absolute atomic E-state index is 0.125.